The zero-order valence-corrected chi connectivity index (χ0v) is 8.83. The quantitative estimate of drug-likeness (QED) is 0.775. The third-order valence-corrected chi connectivity index (χ3v) is 4.09. The molecule has 0 amide bonds. The summed E-state index contributed by atoms with van der Waals surface area (Å²) in [6.07, 6.45) is 5.95. The van der Waals surface area contributed by atoms with Gasteiger partial charge in [0.15, 0.2) is 0 Å². The van der Waals surface area contributed by atoms with E-state index in [-0.39, 0.29) is 6.04 Å². The fourth-order valence-electron chi connectivity index (χ4n) is 1.78. The number of nitrogen functional groups attached to an aromatic ring is 1. The molecule has 0 aromatic carbocycles. The first-order valence-corrected chi connectivity index (χ1v) is 5.90. The molecule has 76 valence electrons. The van der Waals surface area contributed by atoms with Crippen LogP contribution >= 0.6 is 11.8 Å². The van der Waals surface area contributed by atoms with E-state index in [1.165, 1.54) is 18.6 Å². The molecule has 1 fully saturated rings. The molecule has 2 heterocycles. The summed E-state index contributed by atoms with van der Waals surface area (Å²) in [6, 6.07) is 1.85. The Kier molecular flexibility index (Phi) is 2.93. The van der Waals surface area contributed by atoms with E-state index in [1.807, 2.05) is 17.8 Å². The first-order chi connectivity index (χ1) is 6.79. The number of hydrogen-bond acceptors (Lipinski definition) is 4. The average molecular weight is 209 g/mol. The standard InChI is InChI=1S/C10H15N3S/c11-8-3-4-13-6-7(8)10(12)9-2-1-5-14-9/h3-4,6,9-10H,1-2,5,12H2,(H2,11,13). The Labute approximate surface area is 88.3 Å². The summed E-state index contributed by atoms with van der Waals surface area (Å²) in [5, 5.41) is 0.515. The summed E-state index contributed by atoms with van der Waals surface area (Å²) in [6.45, 7) is 0. The van der Waals surface area contributed by atoms with E-state index in [0.29, 0.717) is 5.25 Å². The molecule has 1 aromatic rings. The van der Waals surface area contributed by atoms with Crippen molar-refractivity contribution in [1.29, 1.82) is 0 Å². The fourth-order valence-corrected chi connectivity index (χ4v) is 3.11. The zero-order chi connectivity index (χ0) is 9.97. The van der Waals surface area contributed by atoms with Gasteiger partial charge < -0.3 is 11.5 Å². The summed E-state index contributed by atoms with van der Waals surface area (Å²) in [5.41, 5.74) is 13.8. The minimum absolute atomic E-state index is 0.0381. The van der Waals surface area contributed by atoms with Crippen molar-refractivity contribution < 1.29 is 0 Å². The normalized spacial score (nSPS) is 23.6. The number of rotatable bonds is 2. The number of nitrogens with zero attached hydrogens (tertiary/aromatic N) is 1. The third-order valence-electron chi connectivity index (χ3n) is 2.61. The van der Waals surface area contributed by atoms with Gasteiger partial charge in [0.05, 0.1) is 0 Å². The van der Waals surface area contributed by atoms with Crippen molar-refractivity contribution in [3.05, 3.63) is 24.0 Å². The van der Waals surface area contributed by atoms with Gasteiger partial charge in [0.2, 0.25) is 0 Å². The van der Waals surface area contributed by atoms with E-state index in [2.05, 4.69) is 4.98 Å². The Morgan fingerprint density at radius 1 is 1.57 bits per heavy atom. The van der Waals surface area contributed by atoms with Gasteiger partial charge in [-0.2, -0.15) is 11.8 Å². The molecule has 0 bridgehead atoms. The van der Waals surface area contributed by atoms with Gasteiger partial charge in [-0.05, 0) is 24.7 Å². The number of hydrogen-bond donors (Lipinski definition) is 2. The molecule has 3 nitrogen and oxygen atoms in total. The minimum atomic E-state index is 0.0381. The lowest BCUT2D eigenvalue weighted by Gasteiger charge is -2.19. The van der Waals surface area contributed by atoms with Gasteiger partial charge in [-0.3, -0.25) is 4.98 Å². The van der Waals surface area contributed by atoms with Crippen molar-refractivity contribution in [2.75, 3.05) is 11.5 Å². The smallest absolute Gasteiger partial charge is 0.0451 e. The highest BCUT2D eigenvalue weighted by molar-refractivity contribution is 8.00. The van der Waals surface area contributed by atoms with Crippen LogP contribution in [-0.4, -0.2) is 16.0 Å². The summed E-state index contributed by atoms with van der Waals surface area (Å²) in [5.74, 6) is 1.22. The maximum absolute atomic E-state index is 6.16. The molecule has 4 N–H and O–H groups in total. The van der Waals surface area contributed by atoms with Gasteiger partial charge in [0.25, 0.3) is 0 Å². The van der Waals surface area contributed by atoms with Gasteiger partial charge in [-0.15, -0.1) is 0 Å². The van der Waals surface area contributed by atoms with Crippen LogP contribution in [0.3, 0.4) is 0 Å². The molecule has 14 heavy (non-hydrogen) atoms. The molecular weight excluding hydrogens is 194 g/mol. The van der Waals surface area contributed by atoms with Crippen LogP contribution in [0, 0.1) is 0 Å². The van der Waals surface area contributed by atoms with Gasteiger partial charge in [-0.25, -0.2) is 0 Å². The number of aromatic nitrogens is 1. The van der Waals surface area contributed by atoms with Gasteiger partial charge >= 0.3 is 0 Å². The molecule has 0 spiro atoms. The van der Waals surface area contributed by atoms with Crippen molar-refractivity contribution in [1.82, 2.24) is 4.98 Å². The number of thioether (sulfide) groups is 1. The molecule has 1 aromatic heterocycles. The zero-order valence-electron chi connectivity index (χ0n) is 8.02. The highest BCUT2D eigenvalue weighted by atomic mass is 32.2. The van der Waals surface area contributed by atoms with Gasteiger partial charge in [0.1, 0.15) is 0 Å². The molecule has 1 saturated heterocycles. The lowest BCUT2D eigenvalue weighted by Crippen LogP contribution is -2.22. The third kappa shape index (κ3) is 1.86. The number of pyridine rings is 1. The topological polar surface area (TPSA) is 64.9 Å². The molecule has 0 aliphatic carbocycles. The minimum Gasteiger partial charge on any atom is -0.398 e. The highest BCUT2D eigenvalue weighted by Gasteiger charge is 2.25. The summed E-state index contributed by atoms with van der Waals surface area (Å²) in [4.78, 5) is 4.07. The molecule has 1 aliphatic heterocycles. The predicted octanol–water partition coefficient (Wildman–Crippen LogP) is 1.56. The Balaban J connectivity index is 2.17. The van der Waals surface area contributed by atoms with Crippen molar-refractivity contribution in [3.63, 3.8) is 0 Å². The first kappa shape index (κ1) is 9.80. The lowest BCUT2D eigenvalue weighted by atomic mass is 10.0. The van der Waals surface area contributed by atoms with Crippen molar-refractivity contribution in [2.45, 2.75) is 24.1 Å². The number of anilines is 1. The second kappa shape index (κ2) is 4.19. The monoisotopic (exact) mass is 209 g/mol. The Bertz CT molecular complexity index is 310. The molecule has 0 radical (unpaired) electrons. The average Bonchev–Trinajstić information content (AvgIpc) is 2.70. The fraction of sp³-hybridized carbons (Fsp3) is 0.500. The largest absolute Gasteiger partial charge is 0.398 e. The SMILES string of the molecule is Nc1ccncc1C(N)C1CCCS1. The lowest BCUT2D eigenvalue weighted by molar-refractivity contribution is 0.645. The molecule has 4 heteroatoms. The Morgan fingerprint density at radius 2 is 2.43 bits per heavy atom. The predicted molar refractivity (Wildman–Crippen MR) is 61.1 cm³/mol. The van der Waals surface area contributed by atoms with Crippen LogP contribution in [0.2, 0.25) is 0 Å². The van der Waals surface area contributed by atoms with E-state index in [4.69, 9.17) is 11.5 Å². The van der Waals surface area contributed by atoms with Crippen LogP contribution in [0.5, 0.6) is 0 Å². The van der Waals surface area contributed by atoms with Gasteiger partial charge in [0, 0.05) is 34.9 Å². The Morgan fingerprint density at radius 3 is 3.07 bits per heavy atom. The first-order valence-electron chi connectivity index (χ1n) is 4.85. The van der Waals surface area contributed by atoms with E-state index in [1.54, 1.807) is 12.4 Å². The molecule has 2 unspecified atom stereocenters. The highest BCUT2D eigenvalue weighted by Crippen LogP contribution is 2.35. The van der Waals surface area contributed by atoms with E-state index >= 15 is 0 Å². The Hall–Kier alpha value is -0.740. The van der Waals surface area contributed by atoms with Crippen LogP contribution < -0.4 is 11.5 Å². The second-order valence-electron chi connectivity index (χ2n) is 3.58. The van der Waals surface area contributed by atoms with Crippen molar-refractivity contribution in [2.24, 2.45) is 5.73 Å². The maximum Gasteiger partial charge on any atom is 0.0451 e. The summed E-state index contributed by atoms with van der Waals surface area (Å²) in [7, 11) is 0. The molecule has 2 rings (SSSR count). The van der Waals surface area contributed by atoms with E-state index in [0.717, 1.165) is 11.3 Å². The van der Waals surface area contributed by atoms with Crippen molar-refractivity contribution in [3.8, 4) is 0 Å². The molecule has 2 atom stereocenters. The molecule has 0 saturated carbocycles. The van der Waals surface area contributed by atoms with E-state index < -0.39 is 0 Å². The van der Waals surface area contributed by atoms with Crippen LogP contribution in [-0.2, 0) is 0 Å². The van der Waals surface area contributed by atoms with E-state index in [9.17, 15) is 0 Å². The van der Waals surface area contributed by atoms with Crippen LogP contribution in [0.25, 0.3) is 0 Å². The molecule has 1 aliphatic rings. The number of nitrogens with two attached hydrogens (primary N) is 2. The maximum atomic E-state index is 6.16. The summed E-state index contributed by atoms with van der Waals surface area (Å²) < 4.78 is 0. The van der Waals surface area contributed by atoms with Crippen LogP contribution in [0.4, 0.5) is 5.69 Å². The van der Waals surface area contributed by atoms with Crippen molar-refractivity contribution >= 4 is 17.4 Å². The van der Waals surface area contributed by atoms with Gasteiger partial charge in [-0.1, -0.05) is 0 Å². The summed E-state index contributed by atoms with van der Waals surface area (Å²) >= 11 is 1.95. The van der Waals surface area contributed by atoms with Crippen LogP contribution in [0.15, 0.2) is 18.5 Å². The van der Waals surface area contributed by atoms with Crippen LogP contribution in [0.1, 0.15) is 24.4 Å². The second-order valence-corrected chi connectivity index (χ2v) is 4.93. The molecular formula is C10H15N3S.